The van der Waals surface area contributed by atoms with E-state index in [1.54, 1.807) is 13.3 Å². The zero-order valence-electron chi connectivity index (χ0n) is 10.5. The molecule has 0 unspecified atom stereocenters. The quantitative estimate of drug-likeness (QED) is 0.814. The van der Waals surface area contributed by atoms with Crippen LogP contribution in [0.5, 0.6) is 0 Å². The standard InChI is InChI=1S/C13H14BrClN2O2/c1-18-5-4-16-8-13-17-7-12(19-13)10-6-9(14)2-3-11(10)15/h2-3,6-7,16H,4-5,8H2,1H3. The van der Waals surface area contributed by atoms with Gasteiger partial charge in [-0.2, -0.15) is 0 Å². The number of nitrogens with zero attached hydrogens (tertiary/aromatic N) is 1. The minimum atomic E-state index is 0.564. The monoisotopic (exact) mass is 344 g/mol. The average molecular weight is 346 g/mol. The molecule has 0 saturated carbocycles. The molecule has 0 fully saturated rings. The second-order valence-corrected chi connectivity index (χ2v) is 5.23. The summed E-state index contributed by atoms with van der Waals surface area (Å²) >= 11 is 9.56. The number of halogens is 2. The topological polar surface area (TPSA) is 47.3 Å². The molecular weight excluding hydrogens is 332 g/mol. The molecule has 0 bridgehead atoms. The molecule has 2 aromatic rings. The van der Waals surface area contributed by atoms with Crippen molar-refractivity contribution >= 4 is 27.5 Å². The van der Waals surface area contributed by atoms with Crippen LogP contribution in [0.25, 0.3) is 11.3 Å². The molecular formula is C13H14BrClN2O2. The smallest absolute Gasteiger partial charge is 0.208 e. The Morgan fingerprint density at radius 1 is 1.47 bits per heavy atom. The van der Waals surface area contributed by atoms with Gasteiger partial charge in [-0.25, -0.2) is 4.98 Å². The van der Waals surface area contributed by atoms with Crippen molar-refractivity contribution in [1.82, 2.24) is 10.3 Å². The number of nitrogens with one attached hydrogen (secondary N) is 1. The Morgan fingerprint density at radius 3 is 3.11 bits per heavy atom. The highest BCUT2D eigenvalue weighted by Crippen LogP contribution is 2.31. The fraction of sp³-hybridized carbons (Fsp3) is 0.308. The summed E-state index contributed by atoms with van der Waals surface area (Å²) in [7, 11) is 1.67. The first-order valence-electron chi connectivity index (χ1n) is 5.80. The van der Waals surface area contributed by atoms with E-state index < -0.39 is 0 Å². The second-order valence-electron chi connectivity index (χ2n) is 3.91. The van der Waals surface area contributed by atoms with E-state index in [-0.39, 0.29) is 0 Å². The summed E-state index contributed by atoms with van der Waals surface area (Å²) in [6.07, 6.45) is 1.68. The molecule has 0 amide bonds. The predicted molar refractivity (Wildman–Crippen MR) is 78.2 cm³/mol. The Morgan fingerprint density at radius 2 is 2.32 bits per heavy atom. The number of oxazole rings is 1. The van der Waals surface area contributed by atoms with Gasteiger partial charge >= 0.3 is 0 Å². The molecule has 0 spiro atoms. The summed E-state index contributed by atoms with van der Waals surface area (Å²) < 4.78 is 11.6. The zero-order valence-corrected chi connectivity index (χ0v) is 12.8. The number of ether oxygens (including phenoxy) is 1. The molecule has 1 aromatic heterocycles. The third-order valence-electron chi connectivity index (χ3n) is 2.51. The van der Waals surface area contributed by atoms with Crippen LogP contribution in [-0.4, -0.2) is 25.2 Å². The van der Waals surface area contributed by atoms with Crippen LogP contribution >= 0.6 is 27.5 Å². The van der Waals surface area contributed by atoms with Gasteiger partial charge in [0, 0.05) is 23.7 Å². The first-order chi connectivity index (χ1) is 9.20. The van der Waals surface area contributed by atoms with Gasteiger partial charge in [0.25, 0.3) is 0 Å². The van der Waals surface area contributed by atoms with Crippen LogP contribution in [0.3, 0.4) is 0 Å². The highest BCUT2D eigenvalue weighted by molar-refractivity contribution is 9.10. The van der Waals surface area contributed by atoms with Crippen LogP contribution in [0, 0.1) is 0 Å². The van der Waals surface area contributed by atoms with Gasteiger partial charge in [-0.1, -0.05) is 27.5 Å². The van der Waals surface area contributed by atoms with Crippen molar-refractivity contribution in [3.05, 3.63) is 39.8 Å². The van der Waals surface area contributed by atoms with Gasteiger partial charge in [0.05, 0.1) is 24.4 Å². The second kappa shape index (κ2) is 7.05. The fourth-order valence-corrected chi connectivity index (χ4v) is 2.14. The summed E-state index contributed by atoms with van der Waals surface area (Å²) in [6.45, 7) is 1.98. The third-order valence-corrected chi connectivity index (χ3v) is 3.33. The van der Waals surface area contributed by atoms with Gasteiger partial charge in [0.15, 0.2) is 5.76 Å². The lowest BCUT2D eigenvalue weighted by molar-refractivity contribution is 0.198. The van der Waals surface area contributed by atoms with Crippen molar-refractivity contribution < 1.29 is 9.15 Å². The molecule has 1 N–H and O–H groups in total. The number of hydrogen-bond acceptors (Lipinski definition) is 4. The Balaban J connectivity index is 2.06. The van der Waals surface area contributed by atoms with Crippen molar-refractivity contribution in [3.63, 3.8) is 0 Å². The predicted octanol–water partition coefficient (Wildman–Crippen LogP) is 3.49. The molecule has 19 heavy (non-hydrogen) atoms. The summed E-state index contributed by atoms with van der Waals surface area (Å²) in [5.41, 5.74) is 0.826. The van der Waals surface area contributed by atoms with Gasteiger partial charge in [0.1, 0.15) is 0 Å². The highest BCUT2D eigenvalue weighted by atomic mass is 79.9. The van der Waals surface area contributed by atoms with Crippen LogP contribution in [0.15, 0.2) is 33.3 Å². The molecule has 2 rings (SSSR count). The number of rotatable bonds is 6. The number of benzene rings is 1. The van der Waals surface area contributed by atoms with Crippen LogP contribution < -0.4 is 5.32 Å². The summed E-state index contributed by atoms with van der Waals surface area (Å²) in [5.74, 6) is 1.29. The summed E-state index contributed by atoms with van der Waals surface area (Å²) in [5, 5.41) is 3.81. The maximum Gasteiger partial charge on any atom is 0.208 e. The van der Waals surface area contributed by atoms with Gasteiger partial charge < -0.3 is 14.5 Å². The van der Waals surface area contributed by atoms with Crippen LogP contribution in [0.2, 0.25) is 5.02 Å². The molecule has 0 aliphatic rings. The Hall–Kier alpha value is -0.880. The van der Waals surface area contributed by atoms with E-state index in [1.165, 1.54) is 0 Å². The number of methoxy groups -OCH3 is 1. The fourth-order valence-electron chi connectivity index (χ4n) is 1.57. The SMILES string of the molecule is COCCNCc1ncc(-c2cc(Br)ccc2Cl)o1. The molecule has 0 aliphatic heterocycles. The van der Waals surface area contributed by atoms with Crippen molar-refractivity contribution in [2.45, 2.75) is 6.54 Å². The van der Waals surface area contributed by atoms with E-state index in [0.717, 1.165) is 16.6 Å². The molecule has 6 heteroatoms. The van der Waals surface area contributed by atoms with Crippen molar-refractivity contribution in [1.29, 1.82) is 0 Å². The van der Waals surface area contributed by atoms with Gasteiger partial charge in [-0.3, -0.25) is 0 Å². The molecule has 102 valence electrons. The van der Waals surface area contributed by atoms with Crippen LogP contribution in [-0.2, 0) is 11.3 Å². The van der Waals surface area contributed by atoms with Crippen molar-refractivity contribution in [2.75, 3.05) is 20.3 Å². The maximum absolute atomic E-state index is 6.14. The maximum atomic E-state index is 6.14. The van der Waals surface area contributed by atoms with Crippen LogP contribution in [0.1, 0.15) is 5.89 Å². The summed E-state index contributed by atoms with van der Waals surface area (Å²) in [4.78, 5) is 4.22. The minimum Gasteiger partial charge on any atom is -0.439 e. The normalized spacial score (nSPS) is 10.9. The van der Waals surface area contributed by atoms with Gasteiger partial charge in [-0.05, 0) is 18.2 Å². The van der Waals surface area contributed by atoms with E-state index in [0.29, 0.717) is 29.8 Å². The summed E-state index contributed by atoms with van der Waals surface area (Å²) in [6, 6.07) is 5.61. The Labute approximate surface area is 125 Å². The lowest BCUT2D eigenvalue weighted by Gasteiger charge is -2.02. The van der Waals surface area contributed by atoms with Crippen LogP contribution in [0.4, 0.5) is 0 Å². The van der Waals surface area contributed by atoms with Gasteiger partial charge in [0.2, 0.25) is 5.89 Å². The average Bonchev–Trinajstić information content (AvgIpc) is 2.86. The van der Waals surface area contributed by atoms with Crippen molar-refractivity contribution in [2.24, 2.45) is 0 Å². The molecule has 0 saturated heterocycles. The first-order valence-corrected chi connectivity index (χ1v) is 6.97. The number of hydrogen-bond donors (Lipinski definition) is 1. The molecule has 0 atom stereocenters. The third kappa shape index (κ3) is 4.04. The zero-order chi connectivity index (χ0) is 13.7. The van der Waals surface area contributed by atoms with E-state index in [4.69, 9.17) is 20.8 Å². The molecule has 0 radical (unpaired) electrons. The van der Waals surface area contributed by atoms with E-state index >= 15 is 0 Å². The largest absolute Gasteiger partial charge is 0.439 e. The molecule has 1 aromatic carbocycles. The molecule has 0 aliphatic carbocycles. The molecule has 1 heterocycles. The first kappa shape index (κ1) is 14.5. The number of aromatic nitrogens is 1. The molecule has 4 nitrogen and oxygen atoms in total. The highest BCUT2D eigenvalue weighted by Gasteiger charge is 2.10. The van der Waals surface area contributed by atoms with E-state index in [9.17, 15) is 0 Å². The Kier molecular flexibility index (Phi) is 5.39. The van der Waals surface area contributed by atoms with E-state index in [2.05, 4.69) is 26.2 Å². The van der Waals surface area contributed by atoms with Crippen molar-refractivity contribution in [3.8, 4) is 11.3 Å². The minimum absolute atomic E-state index is 0.564. The Bertz CT molecular complexity index is 545. The van der Waals surface area contributed by atoms with Gasteiger partial charge in [-0.15, -0.1) is 0 Å². The lowest BCUT2D eigenvalue weighted by Crippen LogP contribution is -2.18. The van der Waals surface area contributed by atoms with E-state index in [1.807, 2.05) is 18.2 Å². The lowest BCUT2D eigenvalue weighted by atomic mass is 10.2.